The Labute approximate surface area is 184 Å². The number of nitrogens with zero attached hydrogens (tertiary/aromatic N) is 1. The maximum absolute atomic E-state index is 12.9. The Morgan fingerprint density at radius 2 is 1.58 bits per heavy atom. The number of hydrogen-bond acceptors (Lipinski definition) is 4. The van der Waals surface area contributed by atoms with Crippen molar-refractivity contribution in [2.24, 2.45) is 0 Å². The minimum atomic E-state index is -0.556. The SMILES string of the molecule is COc1ccccc1C(=O)NC1CCN(C(=O)C(C)Oc2ccccc2C(C)C)CC1. The third-order valence-corrected chi connectivity index (χ3v) is 5.69. The summed E-state index contributed by atoms with van der Waals surface area (Å²) in [6, 6.07) is 15.1. The molecule has 0 aromatic heterocycles. The number of amides is 2. The van der Waals surface area contributed by atoms with Gasteiger partial charge in [-0.25, -0.2) is 0 Å². The topological polar surface area (TPSA) is 67.9 Å². The van der Waals surface area contributed by atoms with Crippen molar-refractivity contribution in [2.75, 3.05) is 20.2 Å². The highest BCUT2D eigenvalue weighted by Gasteiger charge is 2.28. The van der Waals surface area contributed by atoms with Crippen molar-refractivity contribution in [3.63, 3.8) is 0 Å². The largest absolute Gasteiger partial charge is 0.496 e. The van der Waals surface area contributed by atoms with Crippen LogP contribution in [0, 0.1) is 0 Å². The average Bonchev–Trinajstić information content (AvgIpc) is 2.79. The lowest BCUT2D eigenvalue weighted by atomic mass is 10.0. The molecule has 31 heavy (non-hydrogen) atoms. The fourth-order valence-corrected chi connectivity index (χ4v) is 3.90. The lowest BCUT2D eigenvalue weighted by Crippen LogP contribution is -2.49. The monoisotopic (exact) mass is 424 g/mol. The number of para-hydroxylation sites is 2. The van der Waals surface area contributed by atoms with Gasteiger partial charge in [-0.15, -0.1) is 0 Å². The Hall–Kier alpha value is -3.02. The van der Waals surface area contributed by atoms with E-state index >= 15 is 0 Å². The summed E-state index contributed by atoms with van der Waals surface area (Å²) in [7, 11) is 1.55. The molecule has 2 amide bonds. The predicted molar refractivity (Wildman–Crippen MR) is 121 cm³/mol. The van der Waals surface area contributed by atoms with Crippen LogP contribution in [0.5, 0.6) is 11.5 Å². The number of benzene rings is 2. The molecule has 0 saturated carbocycles. The molecule has 1 fully saturated rings. The summed E-state index contributed by atoms with van der Waals surface area (Å²) in [5.74, 6) is 1.47. The molecule has 1 heterocycles. The van der Waals surface area contributed by atoms with Gasteiger partial charge in [-0.2, -0.15) is 0 Å². The molecule has 0 bridgehead atoms. The van der Waals surface area contributed by atoms with Gasteiger partial charge in [0.05, 0.1) is 12.7 Å². The number of methoxy groups -OCH3 is 1. The van der Waals surface area contributed by atoms with E-state index in [0.29, 0.717) is 43.2 Å². The molecule has 166 valence electrons. The molecule has 0 radical (unpaired) electrons. The van der Waals surface area contributed by atoms with E-state index in [9.17, 15) is 9.59 Å². The number of hydrogen-bond donors (Lipinski definition) is 1. The number of piperidine rings is 1. The smallest absolute Gasteiger partial charge is 0.263 e. The molecule has 0 aliphatic carbocycles. The van der Waals surface area contributed by atoms with E-state index in [4.69, 9.17) is 9.47 Å². The molecular formula is C25H32N2O4. The van der Waals surface area contributed by atoms with Gasteiger partial charge in [-0.1, -0.05) is 44.2 Å². The third-order valence-electron chi connectivity index (χ3n) is 5.69. The summed E-state index contributed by atoms with van der Waals surface area (Å²) >= 11 is 0. The second-order valence-corrected chi connectivity index (χ2v) is 8.23. The first-order valence-corrected chi connectivity index (χ1v) is 10.9. The molecule has 1 atom stereocenters. The van der Waals surface area contributed by atoms with Gasteiger partial charge in [0.25, 0.3) is 11.8 Å². The van der Waals surface area contributed by atoms with Gasteiger partial charge in [-0.3, -0.25) is 9.59 Å². The van der Waals surface area contributed by atoms with Crippen molar-refractivity contribution in [1.29, 1.82) is 0 Å². The Bertz CT molecular complexity index is 904. The van der Waals surface area contributed by atoms with E-state index in [1.165, 1.54) is 0 Å². The van der Waals surface area contributed by atoms with E-state index in [0.717, 1.165) is 11.3 Å². The Kier molecular flexibility index (Phi) is 7.55. The van der Waals surface area contributed by atoms with Crippen LogP contribution >= 0.6 is 0 Å². The van der Waals surface area contributed by atoms with Crippen LogP contribution in [0.3, 0.4) is 0 Å². The van der Waals surface area contributed by atoms with Gasteiger partial charge < -0.3 is 19.7 Å². The zero-order valence-corrected chi connectivity index (χ0v) is 18.8. The van der Waals surface area contributed by atoms with E-state index < -0.39 is 6.10 Å². The zero-order chi connectivity index (χ0) is 22.4. The van der Waals surface area contributed by atoms with Crippen LogP contribution in [0.25, 0.3) is 0 Å². The van der Waals surface area contributed by atoms with E-state index in [-0.39, 0.29) is 17.9 Å². The molecule has 6 heteroatoms. The quantitative estimate of drug-likeness (QED) is 0.729. The predicted octanol–water partition coefficient (Wildman–Crippen LogP) is 4.01. The molecule has 2 aromatic carbocycles. The standard InChI is InChI=1S/C25H32N2O4/c1-17(2)20-9-5-8-12-23(20)31-18(3)25(29)27-15-13-19(14-16-27)26-24(28)21-10-6-7-11-22(21)30-4/h5-12,17-19H,13-16H2,1-4H3,(H,26,28). The van der Waals surface area contributed by atoms with Gasteiger partial charge in [0.1, 0.15) is 11.5 Å². The number of likely N-dealkylation sites (tertiary alicyclic amines) is 1. The van der Waals surface area contributed by atoms with Crippen LogP contribution in [0.15, 0.2) is 48.5 Å². The maximum Gasteiger partial charge on any atom is 0.263 e. The number of carbonyl (C=O) groups excluding carboxylic acids is 2. The zero-order valence-electron chi connectivity index (χ0n) is 18.8. The van der Waals surface area contributed by atoms with Crippen molar-refractivity contribution >= 4 is 11.8 Å². The van der Waals surface area contributed by atoms with Gasteiger partial charge in [-0.05, 0) is 49.4 Å². The summed E-state index contributed by atoms with van der Waals surface area (Å²) in [6.45, 7) is 7.21. The molecular weight excluding hydrogens is 392 g/mol. The van der Waals surface area contributed by atoms with Crippen LogP contribution in [0.2, 0.25) is 0 Å². The number of nitrogens with one attached hydrogen (secondary N) is 1. The molecule has 3 rings (SSSR count). The minimum Gasteiger partial charge on any atom is -0.496 e. The second-order valence-electron chi connectivity index (χ2n) is 8.23. The van der Waals surface area contributed by atoms with Crippen LogP contribution in [0.4, 0.5) is 0 Å². The van der Waals surface area contributed by atoms with E-state index in [1.807, 2.05) is 41.3 Å². The average molecular weight is 425 g/mol. The highest BCUT2D eigenvalue weighted by atomic mass is 16.5. The number of carbonyl (C=O) groups is 2. The van der Waals surface area contributed by atoms with Crippen molar-refractivity contribution in [3.05, 3.63) is 59.7 Å². The first-order chi connectivity index (χ1) is 14.9. The fourth-order valence-electron chi connectivity index (χ4n) is 3.90. The Morgan fingerprint density at radius 1 is 0.968 bits per heavy atom. The van der Waals surface area contributed by atoms with Crippen LogP contribution in [-0.2, 0) is 4.79 Å². The number of ether oxygens (including phenoxy) is 2. The minimum absolute atomic E-state index is 0.0203. The molecule has 1 aliphatic heterocycles. The highest BCUT2D eigenvalue weighted by Crippen LogP contribution is 2.27. The van der Waals surface area contributed by atoms with Crippen molar-refractivity contribution in [3.8, 4) is 11.5 Å². The van der Waals surface area contributed by atoms with Crippen molar-refractivity contribution in [2.45, 2.75) is 51.7 Å². The van der Waals surface area contributed by atoms with Gasteiger partial charge in [0.15, 0.2) is 6.10 Å². The molecule has 2 aromatic rings. The number of rotatable bonds is 7. The lowest BCUT2D eigenvalue weighted by molar-refractivity contribution is -0.139. The summed E-state index contributed by atoms with van der Waals surface area (Å²) < 4.78 is 11.3. The summed E-state index contributed by atoms with van der Waals surface area (Å²) in [6.07, 6.45) is 0.865. The third kappa shape index (κ3) is 5.57. The highest BCUT2D eigenvalue weighted by molar-refractivity contribution is 5.97. The Balaban J connectivity index is 1.53. The first-order valence-electron chi connectivity index (χ1n) is 10.9. The maximum atomic E-state index is 12.9. The van der Waals surface area contributed by atoms with Crippen molar-refractivity contribution < 1.29 is 19.1 Å². The molecule has 1 unspecified atom stereocenters. The first kappa shape index (κ1) is 22.7. The normalized spacial score (nSPS) is 15.5. The van der Waals surface area contributed by atoms with E-state index in [2.05, 4.69) is 19.2 Å². The summed E-state index contributed by atoms with van der Waals surface area (Å²) in [4.78, 5) is 27.4. The molecule has 6 nitrogen and oxygen atoms in total. The van der Waals surface area contributed by atoms with Crippen LogP contribution in [0.1, 0.15) is 55.5 Å². The molecule has 1 saturated heterocycles. The fraction of sp³-hybridized carbons (Fsp3) is 0.440. The molecule has 1 aliphatic rings. The van der Waals surface area contributed by atoms with Crippen molar-refractivity contribution in [1.82, 2.24) is 10.2 Å². The van der Waals surface area contributed by atoms with E-state index in [1.54, 1.807) is 26.2 Å². The molecule has 1 N–H and O–H groups in total. The summed E-state index contributed by atoms with van der Waals surface area (Å²) in [5, 5.41) is 3.07. The van der Waals surface area contributed by atoms with Crippen LogP contribution < -0.4 is 14.8 Å². The van der Waals surface area contributed by atoms with Gasteiger partial charge >= 0.3 is 0 Å². The Morgan fingerprint density at radius 3 is 2.23 bits per heavy atom. The van der Waals surface area contributed by atoms with Gasteiger partial charge in [0, 0.05) is 19.1 Å². The second kappa shape index (κ2) is 10.3. The summed E-state index contributed by atoms with van der Waals surface area (Å²) in [5.41, 5.74) is 1.62. The molecule has 0 spiro atoms. The van der Waals surface area contributed by atoms with Crippen LogP contribution in [-0.4, -0.2) is 49.1 Å². The lowest BCUT2D eigenvalue weighted by Gasteiger charge is -2.34. The van der Waals surface area contributed by atoms with Gasteiger partial charge in [0.2, 0.25) is 0 Å².